The van der Waals surface area contributed by atoms with Crippen molar-refractivity contribution in [3.8, 4) is 0 Å². The molecule has 1 amide bonds. The van der Waals surface area contributed by atoms with Gasteiger partial charge in [-0.25, -0.2) is 8.42 Å². The second-order valence-corrected chi connectivity index (χ2v) is 7.93. The molecule has 0 fully saturated rings. The third kappa shape index (κ3) is 4.29. The predicted octanol–water partition coefficient (Wildman–Crippen LogP) is 4.00. The molecule has 0 aliphatic rings. The molecular formula is C18H16ClN3O4S. The highest BCUT2D eigenvalue weighted by molar-refractivity contribution is 7.92. The van der Waals surface area contributed by atoms with E-state index in [-0.39, 0.29) is 15.6 Å². The van der Waals surface area contributed by atoms with E-state index in [1.54, 1.807) is 37.3 Å². The van der Waals surface area contributed by atoms with Gasteiger partial charge < -0.3 is 9.84 Å². The van der Waals surface area contributed by atoms with Gasteiger partial charge in [-0.05, 0) is 49.7 Å². The SMILES string of the molecule is Cc1ccc(S(=O)(=O)Nc2cccc(NC(=O)c3cnoc3C)c2)c(Cl)c1. The highest BCUT2D eigenvalue weighted by Crippen LogP contribution is 2.26. The van der Waals surface area contributed by atoms with Crippen LogP contribution in [0.15, 0.2) is 58.1 Å². The lowest BCUT2D eigenvalue weighted by Crippen LogP contribution is -2.15. The summed E-state index contributed by atoms with van der Waals surface area (Å²) >= 11 is 6.06. The van der Waals surface area contributed by atoms with Gasteiger partial charge in [0.25, 0.3) is 15.9 Å². The van der Waals surface area contributed by atoms with Crippen LogP contribution in [0.2, 0.25) is 5.02 Å². The number of aromatic nitrogens is 1. The quantitative estimate of drug-likeness (QED) is 0.668. The van der Waals surface area contributed by atoms with Crippen LogP contribution in [0.5, 0.6) is 0 Å². The number of benzene rings is 2. The summed E-state index contributed by atoms with van der Waals surface area (Å²) in [6.07, 6.45) is 1.32. The van der Waals surface area contributed by atoms with Crippen LogP contribution in [0.4, 0.5) is 11.4 Å². The second kappa shape index (κ2) is 7.42. The van der Waals surface area contributed by atoms with Crippen LogP contribution in [-0.2, 0) is 10.0 Å². The van der Waals surface area contributed by atoms with Crippen molar-refractivity contribution in [2.75, 3.05) is 10.0 Å². The fourth-order valence-corrected chi connectivity index (χ4v) is 4.06. The zero-order valence-electron chi connectivity index (χ0n) is 14.5. The molecule has 0 aliphatic carbocycles. The average Bonchev–Trinajstić information content (AvgIpc) is 3.00. The molecule has 1 aromatic heterocycles. The number of amides is 1. The molecule has 3 aromatic rings. The van der Waals surface area contributed by atoms with Crippen molar-refractivity contribution in [2.45, 2.75) is 18.7 Å². The Labute approximate surface area is 161 Å². The van der Waals surface area contributed by atoms with Crippen molar-refractivity contribution < 1.29 is 17.7 Å². The van der Waals surface area contributed by atoms with Gasteiger partial charge >= 0.3 is 0 Å². The van der Waals surface area contributed by atoms with E-state index in [2.05, 4.69) is 15.2 Å². The van der Waals surface area contributed by atoms with E-state index < -0.39 is 15.9 Å². The van der Waals surface area contributed by atoms with Crippen LogP contribution in [-0.4, -0.2) is 19.5 Å². The number of anilines is 2. The first-order chi connectivity index (χ1) is 12.8. The molecule has 2 N–H and O–H groups in total. The van der Waals surface area contributed by atoms with Gasteiger partial charge in [0.2, 0.25) is 0 Å². The monoisotopic (exact) mass is 405 g/mol. The van der Waals surface area contributed by atoms with Gasteiger partial charge in [0.15, 0.2) is 0 Å². The Morgan fingerprint density at radius 2 is 1.85 bits per heavy atom. The summed E-state index contributed by atoms with van der Waals surface area (Å²) in [5.41, 5.74) is 1.85. The van der Waals surface area contributed by atoms with Gasteiger partial charge in [0.05, 0.1) is 16.9 Å². The first kappa shape index (κ1) is 18.9. The van der Waals surface area contributed by atoms with Crippen LogP contribution in [0.25, 0.3) is 0 Å². The summed E-state index contributed by atoms with van der Waals surface area (Å²) in [6, 6.07) is 11.0. The number of rotatable bonds is 5. The minimum atomic E-state index is -3.88. The number of hydrogen-bond acceptors (Lipinski definition) is 5. The maximum Gasteiger partial charge on any atom is 0.263 e. The minimum Gasteiger partial charge on any atom is -0.361 e. The van der Waals surface area contributed by atoms with Crippen molar-refractivity contribution in [3.05, 3.63) is 70.6 Å². The van der Waals surface area contributed by atoms with Gasteiger partial charge in [-0.2, -0.15) is 0 Å². The fourth-order valence-electron chi connectivity index (χ4n) is 2.41. The summed E-state index contributed by atoms with van der Waals surface area (Å²) in [5, 5.41) is 6.36. The first-order valence-corrected chi connectivity index (χ1v) is 9.74. The van der Waals surface area contributed by atoms with Gasteiger partial charge in [-0.3, -0.25) is 9.52 Å². The van der Waals surface area contributed by atoms with Crippen molar-refractivity contribution >= 4 is 38.9 Å². The summed E-state index contributed by atoms with van der Waals surface area (Å²) in [4.78, 5) is 12.2. The largest absolute Gasteiger partial charge is 0.361 e. The molecule has 9 heteroatoms. The van der Waals surface area contributed by atoms with E-state index in [9.17, 15) is 13.2 Å². The van der Waals surface area contributed by atoms with E-state index in [1.807, 2.05) is 6.92 Å². The molecule has 0 radical (unpaired) electrons. The Balaban J connectivity index is 1.81. The summed E-state index contributed by atoms with van der Waals surface area (Å²) < 4.78 is 32.5. The van der Waals surface area contributed by atoms with Crippen LogP contribution >= 0.6 is 11.6 Å². The molecule has 1 heterocycles. The lowest BCUT2D eigenvalue weighted by molar-refractivity contribution is 0.102. The maximum absolute atomic E-state index is 12.6. The third-order valence-corrected chi connectivity index (χ3v) is 5.61. The topological polar surface area (TPSA) is 101 Å². The summed E-state index contributed by atoms with van der Waals surface area (Å²) in [5.74, 6) is -0.0197. The molecular weight excluding hydrogens is 390 g/mol. The molecule has 0 saturated carbocycles. The Kier molecular flexibility index (Phi) is 5.20. The molecule has 0 atom stereocenters. The molecule has 3 rings (SSSR count). The van der Waals surface area contributed by atoms with Crippen molar-refractivity contribution in [1.82, 2.24) is 5.16 Å². The number of aryl methyl sites for hydroxylation is 2. The minimum absolute atomic E-state index is 0.0238. The van der Waals surface area contributed by atoms with Crippen LogP contribution in [0.1, 0.15) is 21.7 Å². The van der Waals surface area contributed by atoms with Gasteiger partial charge in [-0.15, -0.1) is 0 Å². The average molecular weight is 406 g/mol. The molecule has 140 valence electrons. The van der Waals surface area contributed by atoms with E-state index >= 15 is 0 Å². The molecule has 0 saturated heterocycles. The molecule has 7 nitrogen and oxygen atoms in total. The number of carbonyl (C=O) groups is 1. The van der Waals surface area contributed by atoms with Gasteiger partial charge in [0, 0.05) is 5.69 Å². The number of sulfonamides is 1. The van der Waals surface area contributed by atoms with Crippen LogP contribution in [0, 0.1) is 13.8 Å². The smallest absolute Gasteiger partial charge is 0.263 e. The zero-order valence-corrected chi connectivity index (χ0v) is 16.1. The fraction of sp³-hybridized carbons (Fsp3) is 0.111. The first-order valence-electron chi connectivity index (χ1n) is 7.88. The van der Waals surface area contributed by atoms with E-state index in [0.29, 0.717) is 17.0 Å². The Morgan fingerprint density at radius 1 is 1.11 bits per heavy atom. The van der Waals surface area contributed by atoms with Gasteiger partial charge in [-0.1, -0.05) is 28.9 Å². The molecule has 2 aromatic carbocycles. The molecule has 0 bridgehead atoms. The number of carbonyl (C=O) groups excluding carboxylic acids is 1. The summed E-state index contributed by atoms with van der Waals surface area (Å²) in [6.45, 7) is 3.44. The highest BCUT2D eigenvalue weighted by atomic mass is 35.5. The van der Waals surface area contributed by atoms with Crippen molar-refractivity contribution in [2.24, 2.45) is 0 Å². The lowest BCUT2D eigenvalue weighted by atomic mass is 10.2. The number of hydrogen-bond donors (Lipinski definition) is 2. The molecule has 27 heavy (non-hydrogen) atoms. The van der Waals surface area contributed by atoms with E-state index in [0.717, 1.165) is 5.56 Å². The molecule has 0 unspecified atom stereocenters. The predicted molar refractivity (Wildman–Crippen MR) is 103 cm³/mol. The normalized spacial score (nSPS) is 11.2. The summed E-state index contributed by atoms with van der Waals surface area (Å²) in [7, 11) is -3.88. The lowest BCUT2D eigenvalue weighted by Gasteiger charge is -2.11. The van der Waals surface area contributed by atoms with E-state index in [4.69, 9.17) is 16.1 Å². The van der Waals surface area contributed by atoms with Gasteiger partial charge in [0.1, 0.15) is 16.2 Å². The van der Waals surface area contributed by atoms with Crippen molar-refractivity contribution in [3.63, 3.8) is 0 Å². The van der Waals surface area contributed by atoms with Crippen LogP contribution < -0.4 is 10.0 Å². The highest BCUT2D eigenvalue weighted by Gasteiger charge is 2.19. The third-order valence-electron chi connectivity index (χ3n) is 3.74. The maximum atomic E-state index is 12.6. The zero-order chi connectivity index (χ0) is 19.6. The number of nitrogens with one attached hydrogen (secondary N) is 2. The Bertz CT molecular complexity index is 1110. The Hall–Kier alpha value is -2.84. The Morgan fingerprint density at radius 3 is 2.52 bits per heavy atom. The molecule has 0 aliphatic heterocycles. The van der Waals surface area contributed by atoms with Crippen LogP contribution in [0.3, 0.4) is 0 Å². The number of nitrogens with zero attached hydrogens (tertiary/aromatic N) is 1. The standard InChI is InChI=1S/C18H16ClN3O4S/c1-11-6-7-17(16(19)8-11)27(24,25)22-14-5-3-4-13(9-14)21-18(23)15-10-20-26-12(15)2/h3-10,22H,1-2H3,(H,21,23). The van der Waals surface area contributed by atoms with E-state index in [1.165, 1.54) is 18.3 Å². The van der Waals surface area contributed by atoms with Crippen molar-refractivity contribution in [1.29, 1.82) is 0 Å². The second-order valence-electron chi connectivity index (χ2n) is 5.87. The number of halogens is 1. The molecule has 0 spiro atoms.